The maximum atomic E-state index is 10.3. The third-order valence-corrected chi connectivity index (χ3v) is 3.74. The van der Waals surface area contributed by atoms with Gasteiger partial charge in [-0.25, -0.2) is 0 Å². The lowest BCUT2D eigenvalue weighted by molar-refractivity contribution is 0.0871. The first kappa shape index (κ1) is 11.1. The molecule has 1 aromatic rings. The van der Waals surface area contributed by atoms with E-state index >= 15 is 0 Å². The van der Waals surface area contributed by atoms with Gasteiger partial charge in [0, 0.05) is 10.0 Å². The van der Waals surface area contributed by atoms with Crippen LogP contribution in [-0.4, -0.2) is 10.6 Å². The van der Waals surface area contributed by atoms with Crippen molar-refractivity contribution in [3.63, 3.8) is 0 Å². The molecule has 1 aromatic carbocycles. The predicted molar refractivity (Wildman–Crippen MR) is 64.5 cm³/mol. The van der Waals surface area contributed by atoms with Crippen LogP contribution in [0, 0.1) is 0 Å². The van der Waals surface area contributed by atoms with Crippen LogP contribution in [0.4, 0.5) is 0 Å². The van der Waals surface area contributed by atoms with E-state index in [2.05, 4.69) is 15.9 Å². The third-order valence-electron chi connectivity index (χ3n) is 3.24. The Bertz CT molecular complexity index is 347. The van der Waals surface area contributed by atoms with Gasteiger partial charge in [-0.1, -0.05) is 40.9 Å². The SMILES string of the molecule is NC1(C(O)c2cccc(Br)c2)CCCC1. The number of nitrogens with two attached hydrogens (primary N) is 1. The van der Waals surface area contributed by atoms with E-state index in [9.17, 15) is 5.11 Å². The Morgan fingerprint density at radius 3 is 2.60 bits per heavy atom. The zero-order chi connectivity index (χ0) is 10.9. The average molecular weight is 270 g/mol. The van der Waals surface area contributed by atoms with Crippen LogP contribution < -0.4 is 5.73 Å². The van der Waals surface area contributed by atoms with E-state index in [0.717, 1.165) is 35.7 Å². The quantitative estimate of drug-likeness (QED) is 0.868. The van der Waals surface area contributed by atoms with E-state index in [-0.39, 0.29) is 0 Å². The number of halogens is 1. The molecule has 0 aromatic heterocycles. The molecule has 0 heterocycles. The van der Waals surface area contributed by atoms with Crippen molar-refractivity contribution in [2.45, 2.75) is 37.3 Å². The van der Waals surface area contributed by atoms with E-state index in [0.29, 0.717) is 0 Å². The second kappa shape index (κ2) is 4.24. The van der Waals surface area contributed by atoms with Crippen molar-refractivity contribution in [1.29, 1.82) is 0 Å². The maximum Gasteiger partial charge on any atom is 0.0969 e. The predicted octanol–water partition coefficient (Wildman–Crippen LogP) is 2.75. The van der Waals surface area contributed by atoms with Crippen molar-refractivity contribution in [3.8, 4) is 0 Å². The summed E-state index contributed by atoms with van der Waals surface area (Å²) in [7, 11) is 0. The Hall–Kier alpha value is -0.380. The average Bonchev–Trinajstić information content (AvgIpc) is 2.65. The fourth-order valence-electron chi connectivity index (χ4n) is 2.32. The summed E-state index contributed by atoms with van der Waals surface area (Å²) in [5.74, 6) is 0. The molecule has 15 heavy (non-hydrogen) atoms. The van der Waals surface area contributed by atoms with Gasteiger partial charge in [0.15, 0.2) is 0 Å². The van der Waals surface area contributed by atoms with Gasteiger partial charge in [0.2, 0.25) is 0 Å². The minimum absolute atomic E-state index is 0.416. The molecule has 82 valence electrons. The molecule has 1 saturated carbocycles. The molecular formula is C12H16BrNO. The van der Waals surface area contributed by atoms with Crippen LogP contribution in [0.5, 0.6) is 0 Å². The Labute approximate surface area is 98.6 Å². The van der Waals surface area contributed by atoms with Crippen LogP contribution in [-0.2, 0) is 0 Å². The van der Waals surface area contributed by atoms with E-state index in [1.165, 1.54) is 0 Å². The number of hydrogen-bond donors (Lipinski definition) is 2. The zero-order valence-electron chi connectivity index (χ0n) is 8.62. The van der Waals surface area contributed by atoms with Crippen molar-refractivity contribution in [1.82, 2.24) is 0 Å². The molecule has 1 unspecified atom stereocenters. The van der Waals surface area contributed by atoms with Crippen LogP contribution in [0.3, 0.4) is 0 Å². The summed E-state index contributed by atoms with van der Waals surface area (Å²) in [6.07, 6.45) is 3.54. The molecule has 0 amide bonds. The van der Waals surface area contributed by atoms with Crippen molar-refractivity contribution in [2.24, 2.45) is 5.73 Å². The van der Waals surface area contributed by atoms with Crippen LogP contribution in [0.25, 0.3) is 0 Å². The molecule has 2 rings (SSSR count). The van der Waals surface area contributed by atoms with Crippen LogP contribution in [0.2, 0.25) is 0 Å². The van der Waals surface area contributed by atoms with Gasteiger partial charge in [-0.2, -0.15) is 0 Å². The molecule has 1 atom stereocenters. The summed E-state index contributed by atoms with van der Waals surface area (Å²) in [6.45, 7) is 0. The highest BCUT2D eigenvalue weighted by Crippen LogP contribution is 2.38. The number of benzene rings is 1. The third kappa shape index (κ3) is 2.25. The van der Waals surface area contributed by atoms with Crippen molar-refractivity contribution < 1.29 is 5.11 Å². The van der Waals surface area contributed by atoms with Crippen molar-refractivity contribution in [3.05, 3.63) is 34.3 Å². The Kier molecular flexibility index (Phi) is 3.14. The first-order valence-corrected chi connectivity index (χ1v) is 6.13. The molecule has 3 N–H and O–H groups in total. The summed E-state index contributed by atoms with van der Waals surface area (Å²) < 4.78 is 0.987. The van der Waals surface area contributed by atoms with E-state index in [1.807, 2.05) is 24.3 Å². The number of hydrogen-bond acceptors (Lipinski definition) is 2. The van der Waals surface area contributed by atoms with Crippen LogP contribution in [0.1, 0.15) is 37.4 Å². The van der Waals surface area contributed by atoms with Crippen molar-refractivity contribution in [2.75, 3.05) is 0 Å². The summed E-state index contributed by atoms with van der Waals surface area (Å²) in [5.41, 5.74) is 6.71. The number of rotatable bonds is 2. The van der Waals surface area contributed by atoms with Gasteiger partial charge < -0.3 is 10.8 Å². The molecule has 0 saturated heterocycles. The Morgan fingerprint density at radius 1 is 1.33 bits per heavy atom. The Balaban J connectivity index is 2.23. The zero-order valence-corrected chi connectivity index (χ0v) is 10.2. The van der Waals surface area contributed by atoms with E-state index in [1.54, 1.807) is 0 Å². The lowest BCUT2D eigenvalue weighted by Gasteiger charge is -2.30. The highest BCUT2D eigenvalue weighted by molar-refractivity contribution is 9.10. The molecule has 1 aliphatic carbocycles. The number of aliphatic hydroxyl groups excluding tert-OH is 1. The molecule has 1 aliphatic rings. The summed E-state index contributed by atoms with van der Waals surface area (Å²) in [6, 6.07) is 7.76. The summed E-state index contributed by atoms with van der Waals surface area (Å²) in [4.78, 5) is 0. The smallest absolute Gasteiger partial charge is 0.0969 e. The molecule has 3 heteroatoms. The second-order valence-corrected chi connectivity index (χ2v) is 5.31. The van der Waals surface area contributed by atoms with Crippen LogP contribution in [0.15, 0.2) is 28.7 Å². The van der Waals surface area contributed by atoms with Crippen LogP contribution >= 0.6 is 15.9 Å². The van der Waals surface area contributed by atoms with Gasteiger partial charge in [0.25, 0.3) is 0 Å². The molecule has 1 fully saturated rings. The van der Waals surface area contributed by atoms with Gasteiger partial charge in [-0.05, 0) is 30.5 Å². The molecule has 0 radical (unpaired) electrons. The minimum Gasteiger partial charge on any atom is -0.386 e. The maximum absolute atomic E-state index is 10.3. The summed E-state index contributed by atoms with van der Waals surface area (Å²) in [5, 5.41) is 10.3. The fourth-order valence-corrected chi connectivity index (χ4v) is 2.73. The van der Waals surface area contributed by atoms with Gasteiger partial charge >= 0.3 is 0 Å². The lowest BCUT2D eigenvalue weighted by atomic mass is 9.87. The normalized spacial score (nSPS) is 21.5. The summed E-state index contributed by atoms with van der Waals surface area (Å²) >= 11 is 3.40. The van der Waals surface area contributed by atoms with Gasteiger partial charge in [0.1, 0.15) is 0 Å². The van der Waals surface area contributed by atoms with E-state index < -0.39 is 11.6 Å². The highest BCUT2D eigenvalue weighted by Gasteiger charge is 2.37. The number of aliphatic hydroxyl groups is 1. The molecule has 0 bridgehead atoms. The lowest BCUT2D eigenvalue weighted by Crippen LogP contribution is -2.42. The van der Waals surface area contributed by atoms with Gasteiger partial charge in [-0.15, -0.1) is 0 Å². The monoisotopic (exact) mass is 269 g/mol. The second-order valence-electron chi connectivity index (χ2n) is 4.40. The molecular weight excluding hydrogens is 254 g/mol. The van der Waals surface area contributed by atoms with Crippen molar-refractivity contribution >= 4 is 15.9 Å². The standard InChI is InChI=1S/C12H16BrNO/c13-10-5-3-4-9(8-10)11(15)12(14)6-1-2-7-12/h3-5,8,11,15H,1-2,6-7,14H2. The highest BCUT2D eigenvalue weighted by atomic mass is 79.9. The first-order valence-electron chi connectivity index (χ1n) is 5.34. The minimum atomic E-state index is -0.544. The topological polar surface area (TPSA) is 46.2 Å². The Morgan fingerprint density at radius 2 is 2.00 bits per heavy atom. The first-order chi connectivity index (χ1) is 7.12. The molecule has 0 aliphatic heterocycles. The van der Waals surface area contributed by atoms with Gasteiger partial charge in [-0.3, -0.25) is 0 Å². The fraction of sp³-hybridized carbons (Fsp3) is 0.500. The van der Waals surface area contributed by atoms with Gasteiger partial charge in [0.05, 0.1) is 6.10 Å². The molecule has 2 nitrogen and oxygen atoms in total. The molecule has 0 spiro atoms. The van der Waals surface area contributed by atoms with E-state index in [4.69, 9.17) is 5.73 Å². The largest absolute Gasteiger partial charge is 0.386 e.